The Kier molecular flexibility index (Phi) is 5.10. The number of nitrogens with zero attached hydrogens (tertiary/aromatic N) is 1. The predicted molar refractivity (Wildman–Crippen MR) is 91.2 cm³/mol. The summed E-state index contributed by atoms with van der Waals surface area (Å²) < 4.78 is 0. The van der Waals surface area contributed by atoms with Gasteiger partial charge >= 0.3 is 0 Å². The lowest BCUT2D eigenvalue weighted by atomic mass is 10.0. The van der Waals surface area contributed by atoms with Crippen molar-refractivity contribution in [3.8, 4) is 0 Å². The van der Waals surface area contributed by atoms with Gasteiger partial charge in [-0.15, -0.1) is 0 Å². The smallest absolute Gasteiger partial charge is 0.244 e. The quantitative estimate of drug-likeness (QED) is 0.678. The Hall–Kier alpha value is -2.42. The van der Waals surface area contributed by atoms with Gasteiger partial charge in [0.05, 0.1) is 12.1 Å². The fourth-order valence-corrected chi connectivity index (χ4v) is 2.11. The zero-order chi connectivity index (χ0) is 16.1. The zero-order valence-corrected chi connectivity index (χ0v) is 13.6. The fraction of sp³-hybridized carbons (Fsp3) is 0.263. The van der Waals surface area contributed by atoms with E-state index in [2.05, 4.69) is 36.5 Å². The predicted octanol–water partition coefficient (Wildman–Crippen LogP) is 3.69. The zero-order valence-electron chi connectivity index (χ0n) is 13.6. The summed E-state index contributed by atoms with van der Waals surface area (Å²) in [5.41, 5.74) is 9.11. The Bertz CT molecular complexity index is 700. The second-order valence-corrected chi connectivity index (χ2v) is 5.69. The van der Waals surface area contributed by atoms with Crippen LogP contribution in [0.15, 0.2) is 47.6 Å². The van der Waals surface area contributed by atoms with Gasteiger partial charge in [-0.25, -0.2) is 5.43 Å². The molecule has 0 heterocycles. The number of carbonyl (C=O) groups is 1. The maximum atomic E-state index is 11.9. The van der Waals surface area contributed by atoms with E-state index in [1.54, 1.807) is 0 Å². The minimum atomic E-state index is -0.105. The first kappa shape index (κ1) is 16.0. The third kappa shape index (κ3) is 4.29. The molecule has 0 radical (unpaired) electrons. The summed E-state index contributed by atoms with van der Waals surface area (Å²) in [6.07, 6.45) is 0.337. The van der Waals surface area contributed by atoms with Crippen LogP contribution >= 0.6 is 0 Å². The summed E-state index contributed by atoms with van der Waals surface area (Å²) in [6, 6.07) is 14.1. The van der Waals surface area contributed by atoms with E-state index >= 15 is 0 Å². The number of carbonyl (C=O) groups excluding carboxylic acids is 1. The van der Waals surface area contributed by atoms with Gasteiger partial charge in [0, 0.05) is 0 Å². The van der Waals surface area contributed by atoms with E-state index in [4.69, 9.17) is 0 Å². The molecule has 0 aliphatic rings. The van der Waals surface area contributed by atoms with Crippen molar-refractivity contribution in [2.45, 2.75) is 34.1 Å². The van der Waals surface area contributed by atoms with Crippen LogP contribution in [0.3, 0.4) is 0 Å². The van der Waals surface area contributed by atoms with Crippen LogP contribution in [0.1, 0.15) is 34.7 Å². The average Bonchev–Trinajstić information content (AvgIpc) is 2.50. The number of benzene rings is 2. The van der Waals surface area contributed by atoms with Gasteiger partial charge in [-0.3, -0.25) is 4.79 Å². The van der Waals surface area contributed by atoms with Gasteiger partial charge in [-0.1, -0.05) is 42.0 Å². The first-order valence-corrected chi connectivity index (χ1v) is 7.42. The lowest BCUT2D eigenvalue weighted by Gasteiger charge is -2.06. The van der Waals surface area contributed by atoms with Crippen LogP contribution in [0.5, 0.6) is 0 Å². The molecule has 1 amide bonds. The summed E-state index contributed by atoms with van der Waals surface area (Å²) in [5, 5.41) is 4.20. The maximum Gasteiger partial charge on any atom is 0.244 e. The van der Waals surface area contributed by atoms with Crippen LogP contribution in [-0.2, 0) is 11.2 Å². The Morgan fingerprint density at radius 1 is 1.00 bits per heavy atom. The van der Waals surface area contributed by atoms with Crippen molar-refractivity contribution in [1.29, 1.82) is 0 Å². The van der Waals surface area contributed by atoms with Crippen molar-refractivity contribution in [3.63, 3.8) is 0 Å². The van der Waals surface area contributed by atoms with Crippen LogP contribution in [0.4, 0.5) is 0 Å². The van der Waals surface area contributed by atoms with Crippen LogP contribution < -0.4 is 5.43 Å². The SMILES string of the molecule is C/C(=N/NC(=O)Cc1ccc(C)cc1)c1ccc(C)c(C)c1. The van der Waals surface area contributed by atoms with Gasteiger partial charge < -0.3 is 0 Å². The normalized spacial score (nSPS) is 11.4. The van der Waals surface area contributed by atoms with E-state index in [1.165, 1.54) is 16.7 Å². The highest BCUT2D eigenvalue weighted by atomic mass is 16.2. The van der Waals surface area contributed by atoms with Crippen LogP contribution in [0.25, 0.3) is 0 Å². The fourth-order valence-electron chi connectivity index (χ4n) is 2.11. The number of rotatable bonds is 4. The van der Waals surface area contributed by atoms with Gasteiger partial charge in [-0.2, -0.15) is 5.10 Å². The molecule has 0 unspecified atom stereocenters. The topological polar surface area (TPSA) is 41.5 Å². The van der Waals surface area contributed by atoms with Crippen molar-refractivity contribution in [2.24, 2.45) is 5.10 Å². The highest BCUT2D eigenvalue weighted by Gasteiger charge is 2.04. The van der Waals surface area contributed by atoms with E-state index < -0.39 is 0 Å². The largest absolute Gasteiger partial charge is 0.273 e. The molecule has 0 aromatic heterocycles. The molecule has 1 N–H and O–H groups in total. The Morgan fingerprint density at radius 3 is 2.32 bits per heavy atom. The molecule has 2 aromatic carbocycles. The minimum Gasteiger partial charge on any atom is -0.273 e. The van der Waals surface area contributed by atoms with Gasteiger partial charge in [0.25, 0.3) is 0 Å². The molecule has 0 fully saturated rings. The number of amides is 1. The van der Waals surface area contributed by atoms with E-state index in [0.717, 1.165) is 16.8 Å². The highest BCUT2D eigenvalue weighted by molar-refractivity contribution is 5.99. The maximum absolute atomic E-state index is 11.9. The van der Waals surface area contributed by atoms with Crippen LogP contribution in [0.2, 0.25) is 0 Å². The molecular formula is C19H22N2O. The first-order valence-electron chi connectivity index (χ1n) is 7.42. The van der Waals surface area contributed by atoms with E-state index in [9.17, 15) is 4.79 Å². The van der Waals surface area contributed by atoms with Gasteiger partial charge in [0.2, 0.25) is 5.91 Å². The summed E-state index contributed by atoms with van der Waals surface area (Å²) in [6.45, 7) is 8.08. The van der Waals surface area contributed by atoms with Crippen LogP contribution in [-0.4, -0.2) is 11.6 Å². The molecule has 114 valence electrons. The van der Waals surface area contributed by atoms with Gasteiger partial charge in [0.15, 0.2) is 0 Å². The molecule has 2 aromatic rings. The molecule has 0 aliphatic carbocycles. The highest BCUT2D eigenvalue weighted by Crippen LogP contribution is 2.10. The second-order valence-electron chi connectivity index (χ2n) is 5.69. The van der Waals surface area contributed by atoms with Crippen molar-refractivity contribution in [3.05, 3.63) is 70.3 Å². The number of aryl methyl sites for hydroxylation is 3. The second kappa shape index (κ2) is 7.03. The summed E-state index contributed by atoms with van der Waals surface area (Å²) >= 11 is 0. The number of hydrazone groups is 1. The monoisotopic (exact) mass is 294 g/mol. The third-order valence-electron chi connectivity index (χ3n) is 3.76. The summed E-state index contributed by atoms with van der Waals surface area (Å²) in [4.78, 5) is 11.9. The Labute approximate surface area is 132 Å². The summed E-state index contributed by atoms with van der Waals surface area (Å²) in [5.74, 6) is -0.105. The number of hydrogen-bond donors (Lipinski definition) is 1. The van der Waals surface area contributed by atoms with Gasteiger partial charge in [-0.05, 0) is 56.0 Å². The molecule has 3 nitrogen and oxygen atoms in total. The molecule has 0 aliphatic heterocycles. The lowest BCUT2D eigenvalue weighted by molar-refractivity contribution is -0.120. The first-order chi connectivity index (χ1) is 10.5. The Balaban J connectivity index is 1.99. The molecule has 0 saturated carbocycles. The van der Waals surface area contributed by atoms with Crippen molar-refractivity contribution < 1.29 is 4.79 Å². The molecule has 0 spiro atoms. The minimum absolute atomic E-state index is 0.105. The Morgan fingerprint density at radius 2 is 1.68 bits per heavy atom. The summed E-state index contributed by atoms with van der Waals surface area (Å²) in [7, 11) is 0. The van der Waals surface area contributed by atoms with E-state index in [0.29, 0.717) is 6.42 Å². The molecular weight excluding hydrogens is 272 g/mol. The van der Waals surface area contributed by atoms with Crippen molar-refractivity contribution >= 4 is 11.6 Å². The van der Waals surface area contributed by atoms with E-state index in [1.807, 2.05) is 44.2 Å². The number of nitrogens with one attached hydrogen (secondary N) is 1. The molecule has 3 heteroatoms. The van der Waals surface area contributed by atoms with Gasteiger partial charge in [0.1, 0.15) is 0 Å². The van der Waals surface area contributed by atoms with Crippen LogP contribution in [0, 0.1) is 20.8 Å². The molecule has 0 atom stereocenters. The lowest BCUT2D eigenvalue weighted by Crippen LogP contribution is -2.21. The molecule has 2 rings (SSSR count). The van der Waals surface area contributed by atoms with Crippen molar-refractivity contribution in [2.75, 3.05) is 0 Å². The third-order valence-corrected chi connectivity index (χ3v) is 3.76. The molecule has 0 bridgehead atoms. The van der Waals surface area contributed by atoms with E-state index in [-0.39, 0.29) is 5.91 Å². The standard InChI is InChI=1S/C19H22N2O/c1-13-5-8-17(9-6-13)12-19(22)21-20-16(4)18-10-7-14(2)15(3)11-18/h5-11H,12H2,1-4H3,(H,21,22)/b20-16-. The molecule has 0 saturated heterocycles. The average molecular weight is 294 g/mol. The van der Waals surface area contributed by atoms with Crippen molar-refractivity contribution in [1.82, 2.24) is 5.43 Å². The number of hydrogen-bond acceptors (Lipinski definition) is 2. The molecule has 22 heavy (non-hydrogen) atoms.